The number of aliphatic carboxylic acids is 1. The Bertz CT molecular complexity index is 1380. The molecule has 5 rings (SSSR count). The fraction of sp³-hybridized carbons (Fsp3) is 0.250. The van der Waals surface area contributed by atoms with Crippen molar-refractivity contribution < 1.29 is 19.2 Å². The summed E-state index contributed by atoms with van der Waals surface area (Å²) < 4.78 is 12.0. The van der Waals surface area contributed by atoms with E-state index in [-0.39, 0.29) is 5.92 Å². The van der Waals surface area contributed by atoms with Crippen molar-refractivity contribution in [3.63, 3.8) is 0 Å². The van der Waals surface area contributed by atoms with Crippen molar-refractivity contribution in [3.05, 3.63) is 99.9 Å². The second-order valence-corrected chi connectivity index (χ2v) is 9.62. The maximum atomic E-state index is 11.0. The summed E-state index contributed by atoms with van der Waals surface area (Å²) in [5.74, 6) is 0.493. The third-order valence-corrected chi connectivity index (χ3v) is 6.71. The molecular weight excluding hydrogens is 478 g/mol. The van der Waals surface area contributed by atoms with E-state index in [1.54, 1.807) is 6.07 Å². The van der Waals surface area contributed by atoms with E-state index in [1.807, 2.05) is 67.6 Å². The number of halogens is 1. The number of aryl methyl sites for hydroxylation is 2. The van der Waals surface area contributed by atoms with Crippen LogP contribution in [0, 0.1) is 19.8 Å². The van der Waals surface area contributed by atoms with Gasteiger partial charge in [0, 0.05) is 35.8 Å². The number of hydrogen-bond donors (Lipinski definition) is 1. The Morgan fingerprint density at radius 1 is 1.11 bits per heavy atom. The molecule has 1 fully saturated rings. The predicted molar refractivity (Wildman–Crippen MR) is 136 cm³/mol. The van der Waals surface area contributed by atoms with Crippen LogP contribution in [0.3, 0.4) is 0 Å². The normalized spacial score (nSPS) is 14.9. The van der Waals surface area contributed by atoms with Crippen molar-refractivity contribution in [1.29, 1.82) is 0 Å². The molecule has 2 heterocycles. The molecule has 7 nitrogen and oxygen atoms in total. The summed E-state index contributed by atoms with van der Waals surface area (Å²) in [7, 11) is 0. The van der Waals surface area contributed by atoms with Crippen LogP contribution in [0.4, 0.5) is 0 Å². The number of carboxylic acid groups (broad SMARTS) is 1. The van der Waals surface area contributed by atoms with E-state index in [0.29, 0.717) is 42.1 Å². The Kier molecular flexibility index (Phi) is 6.76. The van der Waals surface area contributed by atoms with Crippen LogP contribution in [-0.4, -0.2) is 39.2 Å². The van der Waals surface area contributed by atoms with Gasteiger partial charge in [0.1, 0.15) is 5.75 Å². The van der Waals surface area contributed by atoms with E-state index in [1.165, 1.54) is 5.56 Å². The smallest absolute Gasteiger partial charge is 0.309 e. The van der Waals surface area contributed by atoms with Gasteiger partial charge in [-0.3, -0.25) is 9.69 Å². The third-order valence-electron chi connectivity index (χ3n) is 6.47. The number of aromatic nitrogens is 2. The summed E-state index contributed by atoms with van der Waals surface area (Å²) in [6.45, 7) is 5.96. The van der Waals surface area contributed by atoms with Gasteiger partial charge < -0.3 is 14.4 Å². The quantitative estimate of drug-likeness (QED) is 0.330. The van der Waals surface area contributed by atoms with Gasteiger partial charge in [0.05, 0.1) is 5.92 Å². The second-order valence-electron chi connectivity index (χ2n) is 9.18. The summed E-state index contributed by atoms with van der Waals surface area (Å²) in [6, 6.07) is 21.2. The number of ether oxygens (including phenoxy) is 1. The number of likely N-dealkylation sites (tertiary alicyclic amines) is 1. The van der Waals surface area contributed by atoms with Gasteiger partial charge in [-0.25, -0.2) is 0 Å². The Morgan fingerprint density at radius 3 is 2.58 bits per heavy atom. The monoisotopic (exact) mass is 503 g/mol. The molecule has 1 unspecified atom stereocenters. The average molecular weight is 504 g/mol. The van der Waals surface area contributed by atoms with Gasteiger partial charge >= 0.3 is 5.97 Å². The van der Waals surface area contributed by atoms with Crippen molar-refractivity contribution in [1.82, 2.24) is 15.0 Å². The highest BCUT2D eigenvalue weighted by molar-refractivity contribution is 6.30. The minimum Gasteiger partial charge on any atom is -0.481 e. The van der Waals surface area contributed by atoms with Crippen molar-refractivity contribution in [2.45, 2.75) is 26.5 Å². The Hall–Kier alpha value is -3.68. The number of hydrogen-bond acceptors (Lipinski definition) is 6. The van der Waals surface area contributed by atoms with Crippen LogP contribution < -0.4 is 4.74 Å². The Morgan fingerprint density at radius 2 is 1.89 bits per heavy atom. The lowest BCUT2D eigenvalue weighted by Crippen LogP contribution is -2.49. The number of nitrogens with zero attached hydrogens (tertiary/aromatic N) is 3. The zero-order chi connectivity index (χ0) is 25.2. The minimum absolute atomic E-state index is 0.263. The lowest BCUT2D eigenvalue weighted by molar-refractivity contribution is -0.147. The van der Waals surface area contributed by atoms with Gasteiger partial charge in [-0.1, -0.05) is 59.2 Å². The first-order valence-electron chi connectivity index (χ1n) is 11.7. The lowest BCUT2D eigenvalue weighted by atomic mass is 9.99. The maximum Gasteiger partial charge on any atom is 0.309 e. The average Bonchev–Trinajstić information content (AvgIpc) is 3.32. The molecule has 1 atom stereocenters. The molecule has 1 N–H and O–H groups in total. The van der Waals surface area contributed by atoms with Gasteiger partial charge in [0.25, 0.3) is 5.89 Å². The molecule has 0 radical (unpaired) electrons. The third kappa shape index (κ3) is 5.27. The van der Waals surface area contributed by atoms with Gasteiger partial charge in [-0.05, 0) is 54.8 Å². The van der Waals surface area contributed by atoms with E-state index < -0.39 is 12.1 Å². The molecule has 184 valence electrons. The molecule has 1 saturated heterocycles. The van der Waals surface area contributed by atoms with Crippen molar-refractivity contribution in [2.75, 3.05) is 13.1 Å². The van der Waals surface area contributed by atoms with Gasteiger partial charge in [-0.2, -0.15) is 4.98 Å². The molecule has 3 aromatic carbocycles. The number of rotatable bonds is 8. The zero-order valence-corrected chi connectivity index (χ0v) is 20.8. The first kappa shape index (κ1) is 24.0. The molecule has 0 saturated carbocycles. The van der Waals surface area contributed by atoms with Crippen LogP contribution >= 0.6 is 11.6 Å². The van der Waals surface area contributed by atoms with E-state index in [9.17, 15) is 4.79 Å². The molecule has 4 aromatic rings. The highest BCUT2D eigenvalue weighted by Gasteiger charge is 2.32. The molecule has 0 amide bonds. The maximum absolute atomic E-state index is 11.0. The van der Waals surface area contributed by atoms with Gasteiger partial charge in [-0.15, -0.1) is 0 Å². The van der Waals surface area contributed by atoms with Crippen LogP contribution in [0.25, 0.3) is 11.4 Å². The number of carbonyl (C=O) groups is 1. The van der Waals surface area contributed by atoms with Gasteiger partial charge in [0.2, 0.25) is 11.9 Å². The molecule has 0 aliphatic carbocycles. The van der Waals surface area contributed by atoms with Crippen molar-refractivity contribution in [2.24, 2.45) is 5.92 Å². The lowest BCUT2D eigenvalue weighted by Gasteiger charge is -2.36. The van der Waals surface area contributed by atoms with E-state index >= 15 is 0 Å². The highest BCUT2D eigenvalue weighted by Crippen LogP contribution is 2.31. The van der Waals surface area contributed by atoms with Crippen LogP contribution in [0.2, 0.25) is 5.02 Å². The molecular formula is C28H26ClN3O4. The summed E-state index contributed by atoms with van der Waals surface area (Å²) >= 11 is 6.26. The number of carboxylic acids is 1. The van der Waals surface area contributed by atoms with E-state index in [2.05, 4.69) is 22.0 Å². The van der Waals surface area contributed by atoms with Crippen molar-refractivity contribution >= 4 is 17.6 Å². The predicted octanol–water partition coefficient (Wildman–Crippen LogP) is 5.69. The largest absolute Gasteiger partial charge is 0.481 e. The van der Waals surface area contributed by atoms with Crippen molar-refractivity contribution in [3.8, 4) is 17.1 Å². The SMILES string of the molecule is Cc1ccc(OC(c2cccc(Cl)c2)c2nc(-c3ccc(CN4CC(C(=O)O)C4)cc3)no2)cc1C. The fourth-order valence-corrected chi connectivity index (χ4v) is 4.38. The van der Waals surface area contributed by atoms with Crippen LogP contribution in [-0.2, 0) is 11.3 Å². The molecule has 1 aliphatic heterocycles. The first-order chi connectivity index (χ1) is 17.4. The van der Waals surface area contributed by atoms with E-state index in [4.69, 9.17) is 26.0 Å². The summed E-state index contributed by atoms with van der Waals surface area (Å²) in [4.78, 5) is 17.8. The summed E-state index contributed by atoms with van der Waals surface area (Å²) in [5.41, 5.74) is 5.03. The van der Waals surface area contributed by atoms with E-state index in [0.717, 1.165) is 22.3 Å². The highest BCUT2D eigenvalue weighted by atomic mass is 35.5. The van der Waals surface area contributed by atoms with Crippen LogP contribution in [0.15, 0.2) is 71.3 Å². The van der Waals surface area contributed by atoms with Gasteiger partial charge in [0.15, 0.2) is 0 Å². The Labute approximate surface area is 214 Å². The number of benzene rings is 3. The minimum atomic E-state index is -0.730. The fourth-order valence-electron chi connectivity index (χ4n) is 4.19. The molecule has 8 heteroatoms. The molecule has 0 spiro atoms. The molecule has 36 heavy (non-hydrogen) atoms. The molecule has 1 aromatic heterocycles. The molecule has 0 bridgehead atoms. The first-order valence-corrected chi connectivity index (χ1v) is 12.1. The van der Waals surface area contributed by atoms with Crippen LogP contribution in [0.5, 0.6) is 5.75 Å². The summed E-state index contributed by atoms with van der Waals surface area (Å²) in [6.07, 6.45) is -0.625. The standard InChI is InChI=1S/C28H26ClN3O4/c1-17-6-11-24(12-18(17)2)35-25(21-4-3-5-23(29)13-21)27-30-26(31-36-27)20-9-7-19(8-10-20)14-32-15-22(16-32)28(33)34/h3-13,22,25H,14-16H2,1-2H3,(H,33,34). The second kappa shape index (κ2) is 10.1. The molecule has 1 aliphatic rings. The zero-order valence-electron chi connectivity index (χ0n) is 20.0. The summed E-state index contributed by atoms with van der Waals surface area (Å²) in [5, 5.41) is 13.8. The van der Waals surface area contributed by atoms with Crippen LogP contribution in [0.1, 0.15) is 34.2 Å². The Balaban J connectivity index is 1.35. The topological polar surface area (TPSA) is 88.7 Å².